The molecule has 1 saturated heterocycles. The summed E-state index contributed by atoms with van der Waals surface area (Å²) in [6.45, 7) is 5.18. The van der Waals surface area contributed by atoms with Gasteiger partial charge in [-0.3, -0.25) is 4.90 Å². The highest BCUT2D eigenvalue weighted by Gasteiger charge is 2.23. The van der Waals surface area contributed by atoms with Gasteiger partial charge in [-0.15, -0.1) is 0 Å². The Morgan fingerprint density at radius 2 is 1.89 bits per heavy atom. The molecule has 0 aliphatic carbocycles. The maximum atomic E-state index is 9.70. The van der Waals surface area contributed by atoms with E-state index >= 15 is 0 Å². The molecule has 3 rings (SSSR count). The van der Waals surface area contributed by atoms with Crippen LogP contribution in [-0.4, -0.2) is 56.0 Å². The third-order valence-corrected chi connectivity index (χ3v) is 3.72. The quantitative estimate of drug-likeness (QED) is 0.827. The van der Waals surface area contributed by atoms with E-state index in [1.807, 2.05) is 18.2 Å². The number of piperazine rings is 1. The van der Waals surface area contributed by atoms with Crippen molar-refractivity contribution in [2.45, 2.75) is 6.04 Å². The first kappa shape index (κ1) is 12.7. The third-order valence-electron chi connectivity index (χ3n) is 3.72. The molecule has 19 heavy (non-hydrogen) atoms. The Morgan fingerprint density at radius 3 is 2.63 bits per heavy atom. The fraction of sp³-hybridized carbons (Fsp3) is 0.571. The summed E-state index contributed by atoms with van der Waals surface area (Å²) in [6.07, 6.45) is 0. The van der Waals surface area contributed by atoms with Crippen LogP contribution in [0.25, 0.3) is 0 Å². The first-order valence-electron chi connectivity index (χ1n) is 6.83. The fourth-order valence-corrected chi connectivity index (χ4v) is 2.69. The lowest BCUT2D eigenvalue weighted by molar-refractivity contribution is 0.110. The molecular formula is C14H20N2O3. The summed E-state index contributed by atoms with van der Waals surface area (Å²) in [7, 11) is 0. The van der Waals surface area contributed by atoms with Crippen LogP contribution in [0.5, 0.6) is 11.5 Å². The summed E-state index contributed by atoms with van der Waals surface area (Å²) in [6, 6.07) is 6.00. The van der Waals surface area contributed by atoms with Gasteiger partial charge in [-0.05, 0) is 17.7 Å². The van der Waals surface area contributed by atoms with Gasteiger partial charge in [0.15, 0.2) is 11.5 Å². The predicted octanol–water partition coefficient (Wildman–Crippen LogP) is 0.396. The van der Waals surface area contributed by atoms with Crippen molar-refractivity contribution in [3.05, 3.63) is 23.8 Å². The zero-order chi connectivity index (χ0) is 13.1. The molecule has 1 atom stereocenters. The van der Waals surface area contributed by atoms with Crippen LogP contribution < -0.4 is 14.8 Å². The van der Waals surface area contributed by atoms with Crippen molar-refractivity contribution in [3.63, 3.8) is 0 Å². The van der Waals surface area contributed by atoms with Crippen LogP contribution in [0.1, 0.15) is 11.6 Å². The zero-order valence-corrected chi connectivity index (χ0v) is 11.0. The molecule has 1 aromatic rings. The molecule has 0 bridgehead atoms. The Bertz CT molecular complexity index is 433. The standard InChI is InChI=1S/C14H20N2O3/c17-10-12(16-5-3-15-4-6-16)11-1-2-13-14(9-11)19-8-7-18-13/h1-2,9,12,15,17H,3-8,10H2/t12-/m1/s1. The van der Waals surface area contributed by atoms with Crippen LogP contribution in [0.4, 0.5) is 0 Å². The van der Waals surface area contributed by atoms with Gasteiger partial charge in [-0.1, -0.05) is 6.07 Å². The van der Waals surface area contributed by atoms with Gasteiger partial charge in [0.1, 0.15) is 13.2 Å². The van der Waals surface area contributed by atoms with E-state index in [0.29, 0.717) is 13.2 Å². The summed E-state index contributed by atoms with van der Waals surface area (Å²) in [5.74, 6) is 1.59. The van der Waals surface area contributed by atoms with E-state index < -0.39 is 0 Å². The molecular weight excluding hydrogens is 244 g/mol. The second kappa shape index (κ2) is 5.77. The number of ether oxygens (including phenoxy) is 2. The fourth-order valence-electron chi connectivity index (χ4n) is 2.69. The lowest BCUT2D eigenvalue weighted by Crippen LogP contribution is -2.46. The van der Waals surface area contributed by atoms with Crippen LogP contribution in [-0.2, 0) is 0 Å². The molecule has 1 fully saturated rings. The van der Waals surface area contributed by atoms with E-state index in [1.54, 1.807) is 0 Å². The van der Waals surface area contributed by atoms with E-state index in [2.05, 4.69) is 10.2 Å². The number of fused-ring (bicyclic) bond motifs is 1. The van der Waals surface area contributed by atoms with Crippen molar-refractivity contribution in [1.82, 2.24) is 10.2 Å². The van der Waals surface area contributed by atoms with E-state index in [0.717, 1.165) is 43.2 Å². The first-order chi connectivity index (χ1) is 9.38. The van der Waals surface area contributed by atoms with Gasteiger partial charge >= 0.3 is 0 Å². The second-order valence-electron chi connectivity index (χ2n) is 4.89. The largest absolute Gasteiger partial charge is 0.486 e. The molecule has 1 aromatic carbocycles. The van der Waals surface area contributed by atoms with Crippen LogP contribution in [0.15, 0.2) is 18.2 Å². The minimum Gasteiger partial charge on any atom is -0.486 e. The van der Waals surface area contributed by atoms with Crippen molar-refractivity contribution in [3.8, 4) is 11.5 Å². The number of nitrogens with zero attached hydrogens (tertiary/aromatic N) is 1. The summed E-state index contributed by atoms with van der Waals surface area (Å²) in [5, 5.41) is 13.0. The lowest BCUT2D eigenvalue weighted by Gasteiger charge is -2.34. The van der Waals surface area contributed by atoms with Crippen LogP contribution in [0.2, 0.25) is 0 Å². The van der Waals surface area contributed by atoms with Crippen LogP contribution in [0, 0.1) is 0 Å². The minimum atomic E-state index is 0.0397. The molecule has 0 radical (unpaired) electrons. The van der Waals surface area contributed by atoms with Crippen LogP contribution >= 0.6 is 0 Å². The number of rotatable bonds is 3. The van der Waals surface area contributed by atoms with Gasteiger partial charge in [0.05, 0.1) is 12.6 Å². The van der Waals surface area contributed by atoms with Gasteiger partial charge in [0.25, 0.3) is 0 Å². The molecule has 5 nitrogen and oxygen atoms in total. The summed E-state index contributed by atoms with van der Waals surface area (Å²) in [4.78, 5) is 2.31. The molecule has 0 spiro atoms. The van der Waals surface area contributed by atoms with Gasteiger partial charge < -0.3 is 19.9 Å². The molecule has 0 aromatic heterocycles. The summed E-state index contributed by atoms with van der Waals surface area (Å²) >= 11 is 0. The smallest absolute Gasteiger partial charge is 0.161 e. The molecule has 0 saturated carbocycles. The monoisotopic (exact) mass is 264 g/mol. The Kier molecular flexibility index (Phi) is 3.87. The zero-order valence-electron chi connectivity index (χ0n) is 11.0. The average molecular weight is 264 g/mol. The third kappa shape index (κ3) is 2.68. The van der Waals surface area contributed by atoms with Gasteiger partial charge in [-0.2, -0.15) is 0 Å². The van der Waals surface area contributed by atoms with E-state index in [4.69, 9.17) is 9.47 Å². The average Bonchev–Trinajstić information content (AvgIpc) is 2.49. The molecule has 0 unspecified atom stereocenters. The number of hydrogen-bond donors (Lipinski definition) is 2. The van der Waals surface area contributed by atoms with Crippen molar-refractivity contribution >= 4 is 0 Å². The number of aliphatic hydroxyl groups is 1. The number of aliphatic hydroxyl groups excluding tert-OH is 1. The molecule has 2 aliphatic rings. The molecule has 2 aliphatic heterocycles. The van der Waals surface area contributed by atoms with Crippen molar-refractivity contribution in [2.75, 3.05) is 46.0 Å². The summed E-state index contributed by atoms with van der Waals surface area (Å²) in [5.41, 5.74) is 1.09. The van der Waals surface area contributed by atoms with Crippen molar-refractivity contribution in [2.24, 2.45) is 0 Å². The second-order valence-corrected chi connectivity index (χ2v) is 4.89. The number of hydrogen-bond acceptors (Lipinski definition) is 5. The van der Waals surface area contributed by atoms with E-state index in [9.17, 15) is 5.11 Å². The van der Waals surface area contributed by atoms with Crippen molar-refractivity contribution < 1.29 is 14.6 Å². The SMILES string of the molecule is OC[C@H](c1ccc2c(c1)OCCO2)N1CCNCC1. The van der Waals surface area contributed by atoms with Crippen molar-refractivity contribution in [1.29, 1.82) is 0 Å². The predicted molar refractivity (Wildman–Crippen MR) is 71.7 cm³/mol. The van der Waals surface area contributed by atoms with Gasteiger partial charge in [0.2, 0.25) is 0 Å². The Labute approximate surface area is 113 Å². The Morgan fingerprint density at radius 1 is 1.16 bits per heavy atom. The minimum absolute atomic E-state index is 0.0397. The molecule has 5 heteroatoms. The maximum Gasteiger partial charge on any atom is 0.161 e. The molecule has 2 N–H and O–H groups in total. The molecule has 2 heterocycles. The highest BCUT2D eigenvalue weighted by atomic mass is 16.6. The summed E-state index contributed by atoms with van der Waals surface area (Å²) < 4.78 is 11.1. The van der Waals surface area contributed by atoms with E-state index in [1.165, 1.54) is 0 Å². The van der Waals surface area contributed by atoms with Gasteiger partial charge in [0, 0.05) is 26.2 Å². The van der Waals surface area contributed by atoms with Gasteiger partial charge in [-0.25, -0.2) is 0 Å². The molecule has 0 amide bonds. The highest BCUT2D eigenvalue weighted by molar-refractivity contribution is 5.44. The Balaban J connectivity index is 1.82. The lowest BCUT2D eigenvalue weighted by atomic mass is 10.0. The van der Waals surface area contributed by atoms with E-state index in [-0.39, 0.29) is 12.6 Å². The maximum absolute atomic E-state index is 9.70. The number of nitrogens with one attached hydrogen (secondary N) is 1. The number of benzene rings is 1. The highest BCUT2D eigenvalue weighted by Crippen LogP contribution is 2.34. The Hall–Kier alpha value is -1.30. The van der Waals surface area contributed by atoms with Crippen LogP contribution in [0.3, 0.4) is 0 Å². The normalized spacial score (nSPS) is 21.1. The topological polar surface area (TPSA) is 54.0 Å². The molecule has 104 valence electrons. The first-order valence-corrected chi connectivity index (χ1v) is 6.83.